The van der Waals surface area contributed by atoms with Gasteiger partial charge < -0.3 is 5.32 Å². The topological polar surface area (TPSA) is 110 Å². The second-order valence-electron chi connectivity index (χ2n) is 8.33. The van der Waals surface area contributed by atoms with Gasteiger partial charge in [0.05, 0.1) is 16.5 Å². The van der Waals surface area contributed by atoms with E-state index in [0.717, 1.165) is 25.7 Å². The minimum absolute atomic E-state index is 0.0114. The first-order valence-corrected chi connectivity index (χ1v) is 12.0. The van der Waals surface area contributed by atoms with E-state index in [1.807, 2.05) is 0 Å². The van der Waals surface area contributed by atoms with Crippen molar-refractivity contribution in [2.45, 2.75) is 56.4 Å². The third-order valence-electron chi connectivity index (χ3n) is 6.28. The molecule has 2 fully saturated rings. The van der Waals surface area contributed by atoms with Crippen LogP contribution in [0.2, 0.25) is 0 Å². The number of rotatable bonds is 5. The normalized spacial score (nSPS) is 25.7. The third kappa shape index (κ3) is 4.39. The SMILES string of the molecule is C[C@@H]1CCCC[C@@H]1NC(=O)[C@@H]1CCCN(S(=O)(=O)c2ccc(-n3cnnn3)cc2)C1. The minimum Gasteiger partial charge on any atom is -0.353 e. The maximum atomic E-state index is 13.1. The largest absolute Gasteiger partial charge is 0.353 e. The van der Waals surface area contributed by atoms with Gasteiger partial charge in [-0.05, 0) is 66.3 Å². The zero-order chi connectivity index (χ0) is 21.1. The molecule has 3 atom stereocenters. The molecule has 1 saturated carbocycles. The van der Waals surface area contributed by atoms with Crippen LogP contribution in [0.5, 0.6) is 0 Å². The highest BCUT2D eigenvalue weighted by Crippen LogP contribution is 2.27. The predicted molar refractivity (Wildman–Crippen MR) is 110 cm³/mol. The molecule has 1 aliphatic heterocycles. The number of nitrogens with one attached hydrogen (secondary N) is 1. The standard InChI is InChI=1S/C20H28N6O3S/c1-15-5-2-3-7-19(15)22-20(27)16-6-4-12-25(13-16)30(28,29)18-10-8-17(9-11-18)26-14-21-23-24-26/h8-11,14-16,19H,2-7,12-13H2,1H3,(H,22,27)/t15-,16-,19+/m1/s1. The molecule has 1 aromatic carbocycles. The van der Waals surface area contributed by atoms with E-state index in [4.69, 9.17) is 0 Å². The van der Waals surface area contributed by atoms with Crippen LogP contribution in [0.3, 0.4) is 0 Å². The van der Waals surface area contributed by atoms with Crippen LogP contribution in [-0.2, 0) is 14.8 Å². The van der Waals surface area contributed by atoms with Gasteiger partial charge in [0.15, 0.2) is 0 Å². The van der Waals surface area contributed by atoms with Gasteiger partial charge in [-0.2, -0.15) is 4.31 Å². The van der Waals surface area contributed by atoms with Crippen LogP contribution in [0.25, 0.3) is 5.69 Å². The molecule has 4 rings (SSSR count). The molecule has 1 N–H and O–H groups in total. The van der Waals surface area contributed by atoms with Crippen molar-refractivity contribution in [2.24, 2.45) is 11.8 Å². The molecule has 0 unspecified atom stereocenters. The molecular weight excluding hydrogens is 404 g/mol. The molecule has 2 aromatic rings. The predicted octanol–water partition coefficient (Wildman–Crippen LogP) is 1.76. The van der Waals surface area contributed by atoms with E-state index in [-0.39, 0.29) is 29.3 Å². The highest BCUT2D eigenvalue weighted by Gasteiger charge is 2.34. The number of carbonyl (C=O) groups excluding carboxylic acids is 1. The summed E-state index contributed by atoms with van der Waals surface area (Å²) in [5, 5.41) is 14.2. The van der Waals surface area contributed by atoms with E-state index in [1.165, 1.54) is 21.7 Å². The van der Waals surface area contributed by atoms with E-state index in [0.29, 0.717) is 24.6 Å². The molecular formula is C20H28N6O3S. The summed E-state index contributed by atoms with van der Waals surface area (Å²) >= 11 is 0. The molecule has 1 saturated heterocycles. The highest BCUT2D eigenvalue weighted by atomic mass is 32.2. The minimum atomic E-state index is -3.67. The molecule has 1 aromatic heterocycles. The Balaban J connectivity index is 1.43. The number of amides is 1. The molecule has 30 heavy (non-hydrogen) atoms. The average Bonchev–Trinajstić information content (AvgIpc) is 3.30. The van der Waals surface area contributed by atoms with Gasteiger partial charge in [0.2, 0.25) is 15.9 Å². The summed E-state index contributed by atoms with van der Waals surface area (Å²) in [4.78, 5) is 13.1. The summed E-state index contributed by atoms with van der Waals surface area (Å²) in [6.07, 6.45) is 7.35. The quantitative estimate of drug-likeness (QED) is 0.771. The van der Waals surface area contributed by atoms with Gasteiger partial charge in [0.25, 0.3) is 0 Å². The van der Waals surface area contributed by atoms with Crippen LogP contribution in [0.1, 0.15) is 45.4 Å². The van der Waals surface area contributed by atoms with Crippen molar-refractivity contribution in [3.8, 4) is 5.69 Å². The molecule has 10 heteroatoms. The summed E-state index contributed by atoms with van der Waals surface area (Å²) < 4.78 is 29.2. The van der Waals surface area contributed by atoms with Gasteiger partial charge >= 0.3 is 0 Å². The molecule has 1 aliphatic carbocycles. The average molecular weight is 433 g/mol. The van der Waals surface area contributed by atoms with Gasteiger partial charge in [-0.25, -0.2) is 13.1 Å². The monoisotopic (exact) mass is 432 g/mol. The van der Waals surface area contributed by atoms with Crippen molar-refractivity contribution >= 4 is 15.9 Å². The lowest BCUT2D eigenvalue weighted by Gasteiger charge is -2.34. The Morgan fingerprint density at radius 3 is 2.57 bits per heavy atom. The van der Waals surface area contributed by atoms with Gasteiger partial charge in [0, 0.05) is 19.1 Å². The number of aromatic nitrogens is 4. The van der Waals surface area contributed by atoms with Gasteiger partial charge in [-0.3, -0.25) is 4.79 Å². The molecule has 2 aliphatic rings. The van der Waals surface area contributed by atoms with E-state index < -0.39 is 10.0 Å². The Bertz CT molecular complexity index is 961. The molecule has 162 valence electrons. The number of carbonyl (C=O) groups is 1. The lowest BCUT2D eigenvalue weighted by Crippen LogP contribution is -2.49. The van der Waals surface area contributed by atoms with E-state index >= 15 is 0 Å². The van der Waals surface area contributed by atoms with Crippen LogP contribution >= 0.6 is 0 Å². The van der Waals surface area contributed by atoms with Gasteiger partial charge in [-0.1, -0.05) is 19.8 Å². The van der Waals surface area contributed by atoms with Crippen molar-refractivity contribution in [2.75, 3.05) is 13.1 Å². The summed E-state index contributed by atoms with van der Waals surface area (Å²) in [6.45, 7) is 2.84. The molecule has 1 amide bonds. The highest BCUT2D eigenvalue weighted by molar-refractivity contribution is 7.89. The van der Waals surface area contributed by atoms with Gasteiger partial charge in [0.1, 0.15) is 6.33 Å². The smallest absolute Gasteiger partial charge is 0.243 e. The maximum absolute atomic E-state index is 13.1. The summed E-state index contributed by atoms with van der Waals surface area (Å²) in [6, 6.07) is 6.65. The fourth-order valence-corrected chi connectivity index (χ4v) is 5.93. The summed E-state index contributed by atoms with van der Waals surface area (Å²) in [7, 11) is -3.67. The lowest BCUT2D eigenvalue weighted by atomic mass is 9.85. The molecule has 0 spiro atoms. The van der Waals surface area contributed by atoms with Crippen LogP contribution in [0, 0.1) is 11.8 Å². The first-order valence-electron chi connectivity index (χ1n) is 10.6. The zero-order valence-corrected chi connectivity index (χ0v) is 18.0. The zero-order valence-electron chi connectivity index (χ0n) is 17.1. The number of nitrogens with zero attached hydrogens (tertiary/aromatic N) is 5. The molecule has 0 bridgehead atoms. The Morgan fingerprint density at radius 1 is 1.10 bits per heavy atom. The molecule has 9 nitrogen and oxygen atoms in total. The Kier molecular flexibility index (Phi) is 6.14. The maximum Gasteiger partial charge on any atom is 0.243 e. The fourth-order valence-electron chi connectivity index (χ4n) is 4.41. The van der Waals surface area contributed by atoms with Crippen molar-refractivity contribution in [3.05, 3.63) is 30.6 Å². The van der Waals surface area contributed by atoms with Crippen LogP contribution in [0.15, 0.2) is 35.5 Å². The first kappa shape index (κ1) is 20.9. The first-order chi connectivity index (χ1) is 14.4. The van der Waals surface area contributed by atoms with Crippen molar-refractivity contribution in [1.82, 2.24) is 29.8 Å². The number of sulfonamides is 1. The lowest BCUT2D eigenvalue weighted by molar-refractivity contribution is -0.127. The van der Waals surface area contributed by atoms with E-state index in [2.05, 4.69) is 27.8 Å². The number of hydrogen-bond donors (Lipinski definition) is 1. The molecule has 2 heterocycles. The van der Waals surface area contributed by atoms with Crippen molar-refractivity contribution in [3.63, 3.8) is 0 Å². The van der Waals surface area contributed by atoms with Gasteiger partial charge in [-0.15, -0.1) is 5.10 Å². The Morgan fingerprint density at radius 2 is 1.87 bits per heavy atom. The Labute approximate surface area is 176 Å². The third-order valence-corrected chi connectivity index (χ3v) is 8.16. The number of hydrogen-bond acceptors (Lipinski definition) is 6. The Hall–Kier alpha value is -2.33. The van der Waals surface area contributed by atoms with Crippen LogP contribution in [-0.4, -0.2) is 58.0 Å². The summed E-state index contributed by atoms with van der Waals surface area (Å²) in [5.41, 5.74) is 0.677. The fraction of sp³-hybridized carbons (Fsp3) is 0.600. The number of piperidine rings is 1. The second-order valence-corrected chi connectivity index (χ2v) is 10.3. The van der Waals surface area contributed by atoms with E-state index in [9.17, 15) is 13.2 Å². The number of tetrazole rings is 1. The summed E-state index contributed by atoms with van der Waals surface area (Å²) in [5.74, 6) is 0.163. The van der Waals surface area contributed by atoms with Crippen LogP contribution < -0.4 is 5.32 Å². The van der Waals surface area contributed by atoms with Crippen molar-refractivity contribution in [1.29, 1.82) is 0 Å². The van der Waals surface area contributed by atoms with E-state index in [1.54, 1.807) is 24.3 Å². The molecule has 0 radical (unpaired) electrons. The second kappa shape index (κ2) is 8.81. The number of benzene rings is 1. The van der Waals surface area contributed by atoms with Crippen LogP contribution in [0.4, 0.5) is 0 Å². The van der Waals surface area contributed by atoms with Crippen molar-refractivity contribution < 1.29 is 13.2 Å².